The van der Waals surface area contributed by atoms with Crippen LogP contribution in [0.1, 0.15) is 12.6 Å². The summed E-state index contributed by atoms with van der Waals surface area (Å²) in [5.74, 6) is -0.196. The molecule has 0 saturated heterocycles. The predicted molar refractivity (Wildman–Crippen MR) is 56.9 cm³/mol. The van der Waals surface area contributed by atoms with Gasteiger partial charge in [-0.15, -0.1) is 11.3 Å². The minimum Gasteiger partial charge on any atom is -0.249 e. The third-order valence-electron chi connectivity index (χ3n) is 2.06. The Kier molecular flexibility index (Phi) is 2.59. The van der Waals surface area contributed by atoms with Crippen LogP contribution in [0, 0.1) is 5.82 Å². The molecule has 0 N–H and O–H groups in total. The van der Waals surface area contributed by atoms with E-state index in [1.807, 2.05) is 6.07 Å². The van der Waals surface area contributed by atoms with E-state index in [4.69, 9.17) is 0 Å². The molecular weight excluding hydrogens is 197 g/mol. The van der Waals surface area contributed by atoms with Gasteiger partial charge in [0.05, 0.1) is 16.1 Å². The van der Waals surface area contributed by atoms with Crippen LogP contribution in [0.15, 0.2) is 29.8 Å². The zero-order chi connectivity index (χ0) is 9.97. The number of aryl methyl sites for hydroxylation is 1. The van der Waals surface area contributed by atoms with Gasteiger partial charge in [-0.25, -0.2) is 9.37 Å². The Balaban J connectivity index is 2.49. The molecular formula is C11H10FNS. The molecule has 1 nitrogen and oxygen atoms in total. The van der Waals surface area contributed by atoms with Gasteiger partial charge in [0.1, 0.15) is 5.82 Å². The number of benzene rings is 1. The van der Waals surface area contributed by atoms with Gasteiger partial charge in [0.2, 0.25) is 0 Å². The van der Waals surface area contributed by atoms with Crippen molar-refractivity contribution in [1.82, 2.24) is 4.98 Å². The first-order chi connectivity index (χ1) is 6.81. The Bertz CT molecular complexity index is 436. The van der Waals surface area contributed by atoms with Gasteiger partial charge in [-0.3, -0.25) is 0 Å². The standard InChI is InChI=1S/C11H10FNS/c1-2-10-11(14-7-13-10)8-4-3-5-9(12)6-8/h3-7H,2H2,1H3. The van der Waals surface area contributed by atoms with Crippen LogP contribution in [0.2, 0.25) is 0 Å². The fourth-order valence-corrected chi connectivity index (χ4v) is 2.27. The number of rotatable bonds is 2. The summed E-state index contributed by atoms with van der Waals surface area (Å²) in [5, 5.41) is 0. The van der Waals surface area contributed by atoms with Gasteiger partial charge in [0, 0.05) is 0 Å². The summed E-state index contributed by atoms with van der Waals surface area (Å²) < 4.78 is 13.0. The van der Waals surface area contributed by atoms with Crippen molar-refractivity contribution in [2.45, 2.75) is 13.3 Å². The largest absolute Gasteiger partial charge is 0.249 e. The van der Waals surface area contributed by atoms with Crippen LogP contribution in [0.5, 0.6) is 0 Å². The van der Waals surface area contributed by atoms with Crippen LogP contribution in [0.25, 0.3) is 10.4 Å². The topological polar surface area (TPSA) is 12.9 Å². The zero-order valence-corrected chi connectivity index (χ0v) is 8.64. The second-order valence-corrected chi connectivity index (χ2v) is 3.85. The monoisotopic (exact) mass is 207 g/mol. The summed E-state index contributed by atoms with van der Waals surface area (Å²) in [7, 11) is 0. The quantitative estimate of drug-likeness (QED) is 0.734. The van der Waals surface area contributed by atoms with E-state index < -0.39 is 0 Å². The molecule has 0 bridgehead atoms. The predicted octanol–water partition coefficient (Wildman–Crippen LogP) is 3.51. The maximum Gasteiger partial charge on any atom is 0.123 e. The number of nitrogens with zero attached hydrogens (tertiary/aromatic N) is 1. The highest BCUT2D eigenvalue weighted by Crippen LogP contribution is 2.28. The van der Waals surface area contributed by atoms with Crippen molar-refractivity contribution in [3.8, 4) is 10.4 Å². The van der Waals surface area contributed by atoms with Crippen molar-refractivity contribution in [1.29, 1.82) is 0 Å². The summed E-state index contributed by atoms with van der Waals surface area (Å²) in [6.07, 6.45) is 0.884. The molecule has 3 heteroatoms. The Morgan fingerprint density at radius 3 is 3.00 bits per heavy atom. The van der Waals surface area contributed by atoms with Gasteiger partial charge in [0.15, 0.2) is 0 Å². The van der Waals surface area contributed by atoms with Crippen LogP contribution in [-0.4, -0.2) is 4.98 Å². The summed E-state index contributed by atoms with van der Waals surface area (Å²) in [6.45, 7) is 2.05. The first-order valence-corrected chi connectivity index (χ1v) is 5.37. The van der Waals surface area contributed by atoms with E-state index in [2.05, 4.69) is 11.9 Å². The zero-order valence-electron chi connectivity index (χ0n) is 7.83. The molecule has 0 atom stereocenters. The van der Waals surface area contributed by atoms with Crippen LogP contribution in [-0.2, 0) is 6.42 Å². The molecule has 72 valence electrons. The van der Waals surface area contributed by atoms with Crippen molar-refractivity contribution in [3.05, 3.63) is 41.3 Å². The third-order valence-corrected chi connectivity index (χ3v) is 2.98. The van der Waals surface area contributed by atoms with E-state index in [-0.39, 0.29) is 5.82 Å². The summed E-state index contributed by atoms with van der Waals surface area (Å²) in [6, 6.07) is 6.64. The SMILES string of the molecule is CCc1ncsc1-c1cccc(F)c1. The van der Waals surface area contributed by atoms with Gasteiger partial charge in [-0.05, 0) is 24.1 Å². The van der Waals surface area contributed by atoms with Gasteiger partial charge in [-0.1, -0.05) is 19.1 Å². The van der Waals surface area contributed by atoms with Crippen LogP contribution >= 0.6 is 11.3 Å². The van der Waals surface area contributed by atoms with Crippen molar-refractivity contribution >= 4 is 11.3 Å². The average Bonchev–Trinajstić information content (AvgIpc) is 2.65. The van der Waals surface area contributed by atoms with Crippen LogP contribution in [0.4, 0.5) is 4.39 Å². The molecule has 1 aromatic carbocycles. The van der Waals surface area contributed by atoms with Crippen LogP contribution < -0.4 is 0 Å². The lowest BCUT2D eigenvalue weighted by atomic mass is 10.1. The lowest BCUT2D eigenvalue weighted by Gasteiger charge is -1.99. The van der Waals surface area contributed by atoms with Gasteiger partial charge in [0.25, 0.3) is 0 Å². The summed E-state index contributed by atoms with van der Waals surface area (Å²) >= 11 is 1.56. The van der Waals surface area contributed by atoms with E-state index in [0.29, 0.717) is 0 Å². The highest BCUT2D eigenvalue weighted by atomic mass is 32.1. The summed E-state index contributed by atoms with van der Waals surface area (Å²) in [5.41, 5.74) is 3.77. The number of thiazole rings is 1. The van der Waals surface area contributed by atoms with Gasteiger partial charge in [-0.2, -0.15) is 0 Å². The van der Waals surface area contributed by atoms with Crippen molar-refractivity contribution in [3.63, 3.8) is 0 Å². The van der Waals surface area contributed by atoms with Crippen LogP contribution in [0.3, 0.4) is 0 Å². The lowest BCUT2D eigenvalue weighted by Crippen LogP contribution is -1.84. The normalized spacial score (nSPS) is 10.4. The molecule has 0 aliphatic carbocycles. The number of hydrogen-bond acceptors (Lipinski definition) is 2. The lowest BCUT2D eigenvalue weighted by molar-refractivity contribution is 0.628. The molecule has 14 heavy (non-hydrogen) atoms. The Hall–Kier alpha value is -1.22. The maximum atomic E-state index is 13.0. The molecule has 0 aliphatic heterocycles. The molecule has 1 aromatic heterocycles. The molecule has 0 aliphatic rings. The van der Waals surface area contributed by atoms with E-state index >= 15 is 0 Å². The fraction of sp³-hybridized carbons (Fsp3) is 0.182. The molecule has 0 saturated carbocycles. The Morgan fingerprint density at radius 2 is 2.29 bits per heavy atom. The molecule has 0 amide bonds. The third kappa shape index (κ3) is 1.68. The average molecular weight is 207 g/mol. The fourth-order valence-electron chi connectivity index (χ4n) is 1.39. The Labute approximate surface area is 86.2 Å². The highest BCUT2D eigenvalue weighted by Gasteiger charge is 2.06. The van der Waals surface area contributed by atoms with E-state index in [0.717, 1.165) is 22.6 Å². The van der Waals surface area contributed by atoms with E-state index in [1.165, 1.54) is 6.07 Å². The second-order valence-electron chi connectivity index (χ2n) is 2.99. The molecule has 0 spiro atoms. The minimum absolute atomic E-state index is 0.196. The van der Waals surface area contributed by atoms with E-state index in [9.17, 15) is 4.39 Å². The smallest absolute Gasteiger partial charge is 0.123 e. The van der Waals surface area contributed by atoms with Crippen molar-refractivity contribution < 1.29 is 4.39 Å². The number of aromatic nitrogens is 1. The van der Waals surface area contributed by atoms with Crippen molar-refractivity contribution in [2.24, 2.45) is 0 Å². The minimum atomic E-state index is -0.196. The number of hydrogen-bond donors (Lipinski definition) is 0. The molecule has 2 aromatic rings. The molecule has 0 fully saturated rings. The van der Waals surface area contributed by atoms with Crippen molar-refractivity contribution in [2.75, 3.05) is 0 Å². The first-order valence-electron chi connectivity index (χ1n) is 4.49. The van der Waals surface area contributed by atoms with Gasteiger partial charge >= 0.3 is 0 Å². The first kappa shape index (κ1) is 9.34. The van der Waals surface area contributed by atoms with Gasteiger partial charge < -0.3 is 0 Å². The number of halogens is 1. The summed E-state index contributed by atoms with van der Waals surface area (Å²) in [4.78, 5) is 5.31. The van der Waals surface area contributed by atoms with E-state index in [1.54, 1.807) is 29.0 Å². The molecule has 0 unspecified atom stereocenters. The molecule has 2 rings (SSSR count). The molecule has 0 radical (unpaired) electrons. The Morgan fingerprint density at radius 1 is 1.43 bits per heavy atom. The maximum absolute atomic E-state index is 13.0. The molecule has 1 heterocycles. The highest BCUT2D eigenvalue weighted by molar-refractivity contribution is 7.13. The second kappa shape index (κ2) is 3.88.